The van der Waals surface area contributed by atoms with E-state index in [4.69, 9.17) is 0 Å². The minimum Gasteiger partial charge on any atom is -0.394 e. The second-order valence-corrected chi connectivity index (χ2v) is 14.2. The molecule has 2 bridgehead atoms. The lowest BCUT2D eigenvalue weighted by atomic mass is 9.70. The Morgan fingerprint density at radius 1 is 1.18 bits per heavy atom. The predicted octanol–water partition coefficient (Wildman–Crippen LogP) is 4.11. The van der Waals surface area contributed by atoms with E-state index in [9.17, 15) is 19.5 Å². The molecule has 1 aromatic carbocycles. The number of hydrogen-bond donors (Lipinski definition) is 1. The molecule has 7 atom stereocenters. The van der Waals surface area contributed by atoms with E-state index < -0.39 is 28.7 Å². The first kappa shape index (κ1) is 30.8. The van der Waals surface area contributed by atoms with Gasteiger partial charge in [-0.25, -0.2) is 0 Å². The number of likely N-dealkylation sites (tertiary alicyclic amines) is 1. The van der Waals surface area contributed by atoms with Crippen LogP contribution < -0.4 is 0 Å². The molecule has 3 unspecified atom stereocenters. The van der Waals surface area contributed by atoms with E-state index in [0.717, 1.165) is 12.0 Å². The average molecular weight is 633 g/mol. The average Bonchev–Trinajstić information content (AvgIpc) is 3.52. The van der Waals surface area contributed by atoms with E-state index in [1.165, 1.54) is 0 Å². The van der Waals surface area contributed by atoms with Crippen molar-refractivity contribution >= 4 is 45.4 Å². The highest BCUT2D eigenvalue weighted by Gasteiger charge is 2.76. The van der Waals surface area contributed by atoms with E-state index in [2.05, 4.69) is 29.1 Å². The molecule has 3 heterocycles. The normalized spacial score (nSPS) is 29.4. The van der Waals surface area contributed by atoms with Crippen LogP contribution in [0.25, 0.3) is 0 Å². The number of carbonyl (C=O) groups is 3. The molecular formula is C31H42BrN3O4S. The number of halogens is 1. The van der Waals surface area contributed by atoms with Gasteiger partial charge in [0.1, 0.15) is 6.04 Å². The van der Waals surface area contributed by atoms with Crippen LogP contribution in [0.2, 0.25) is 0 Å². The smallest absolute Gasteiger partial charge is 0.247 e. The lowest BCUT2D eigenvalue weighted by Crippen LogP contribution is -2.58. The summed E-state index contributed by atoms with van der Waals surface area (Å²) >= 11 is 5.49. The molecule has 0 aliphatic carbocycles. The number of aliphatic hydroxyl groups is 1. The quantitative estimate of drug-likeness (QED) is 0.262. The molecule has 4 rings (SSSR count). The summed E-state index contributed by atoms with van der Waals surface area (Å²) in [5.74, 6) is -1.64. The highest BCUT2D eigenvalue weighted by Crippen LogP contribution is 2.68. The molecule has 3 aliphatic heterocycles. The number of amides is 3. The molecule has 218 valence electrons. The van der Waals surface area contributed by atoms with Crippen LogP contribution in [0, 0.1) is 17.8 Å². The van der Waals surface area contributed by atoms with Crippen molar-refractivity contribution in [3.8, 4) is 0 Å². The number of nitrogens with zero attached hydrogens (tertiary/aromatic N) is 3. The van der Waals surface area contributed by atoms with Crippen molar-refractivity contribution in [3.63, 3.8) is 0 Å². The third kappa shape index (κ3) is 5.29. The molecule has 1 spiro atoms. The van der Waals surface area contributed by atoms with Gasteiger partial charge in [-0.3, -0.25) is 14.4 Å². The first-order valence-corrected chi connectivity index (χ1v) is 16.0. The van der Waals surface area contributed by atoms with E-state index >= 15 is 0 Å². The van der Waals surface area contributed by atoms with Gasteiger partial charge in [-0.1, -0.05) is 79.2 Å². The van der Waals surface area contributed by atoms with Gasteiger partial charge in [0.25, 0.3) is 0 Å². The van der Waals surface area contributed by atoms with Gasteiger partial charge in [-0.2, -0.15) is 0 Å². The van der Waals surface area contributed by atoms with Gasteiger partial charge in [0.2, 0.25) is 17.7 Å². The fraction of sp³-hybridized carbons (Fsp3) is 0.581. The Hall–Kier alpha value is -2.10. The summed E-state index contributed by atoms with van der Waals surface area (Å²) in [7, 11) is 0. The molecule has 3 saturated heterocycles. The fourth-order valence-electron chi connectivity index (χ4n) is 6.90. The summed E-state index contributed by atoms with van der Waals surface area (Å²) in [6.07, 6.45) is 4.84. The molecule has 1 aromatic rings. The summed E-state index contributed by atoms with van der Waals surface area (Å²) in [5.41, 5.74) is 0.986. The molecule has 40 heavy (non-hydrogen) atoms. The molecule has 0 radical (unpaired) electrons. The molecule has 7 nitrogen and oxygen atoms in total. The van der Waals surface area contributed by atoms with Gasteiger partial charge in [-0.15, -0.1) is 24.9 Å². The van der Waals surface area contributed by atoms with Gasteiger partial charge in [-0.05, 0) is 24.3 Å². The van der Waals surface area contributed by atoms with E-state index in [-0.39, 0.29) is 40.3 Å². The topological polar surface area (TPSA) is 81.2 Å². The highest BCUT2D eigenvalue weighted by atomic mass is 79.9. The molecule has 1 N–H and O–H groups in total. The Morgan fingerprint density at radius 3 is 2.40 bits per heavy atom. The van der Waals surface area contributed by atoms with Gasteiger partial charge >= 0.3 is 0 Å². The highest BCUT2D eigenvalue weighted by molar-refractivity contribution is 9.09. The van der Waals surface area contributed by atoms with Crippen LogP contribution in [0.5, 0.6) is 0 Å². The molecule has 0 aromatic heterocycles. The summed E-state index contributed by atoms with van der Waals surface area (Å²) in [5, 5.41) is 10.4. The monoisotopic (exact) mass is 631 g/mol. The van der Waals surface area contributed by atoms with Gasteiger partial charge in [0.05, 0.1) is 29.2 Å². The van der Waals surface area contributed by atoms with Crippen molar-refractivity contribution < 1.29 is 19.5 Å². The molecule has 9 heteroatoms. The number of rotatable bonds is 13. The zero-order chi connectivity index (χ0) is 29.2. The maximum Gasteiger partial charge on any atom is 0.247 e. The van der Waals surface area contributed by atoms with Crippen LogP contribution in [0.15, 0.2) is 55.6 Å². The minimum atomic E-state index is -0.792. The number of alkyl halides is 1. The van der Waals surface area contributed by atoms with Crippen molar-refractivity contribution in [1.82, 2.24) is 14.7 Å². The second kappa shape index (κ2) is 12.8. The van der Waals surface area contributed by atoms with Crippen LogP contribution in [0.3, 0.4) is 0 Å². The first-order chi connectivity index (χ1) is 19.2. The largest absolute Gasteiger partial charge is 0.394 e. The number of benzene rings is 1. The van der Waals surface area contributed by atoms with Crippen molar-refractivity contribution in [2.45, 2.75) is 67.1 Å². The summed E-state index contributed by atoms with van der Waals surface area (Å²) in [4.78, 5) is 48.4. The number of carbonyl (C=O) groups excluding carboxylic acids is 3. The van der Waals surface area contributed by atoms with Crippen LogP contribution in [0.4, 0.5) is 0 Å². The minimum absolute atomic E-state index is 0.00781. The van der Waals surface area contributed by atoms with Crippen molar-refractivity contribution in [2.24, 2.45) is 17.8 Å². The lowest BCUT2D eigenvalue weighted by Gasteiger charge is -2.41. The number of thioether (sulfide) groups is 1. The SMILES string of the molecule is C=CCN(Cc1ccccc1)C(=O)C1N([C@@H](CO)C(C)C)C(=O)[C@@H]2[C@@H](C(=O)N(CC=C)CCC)[C@@H]3SC12CC3Br. The van der Waals surface area contributed by atoms with Crippen LogP contribution in [0.1, 0.15) is 39.2 Å². The summed E-state index contributed by atoms with van der Waals surface area (Å²) < 4.78 is -0.766. The molecule has 3 aliphatic rings. The van der Waals surface area contributed by atoms with Gasteiger partial charge in [0, 0.05) is 36.3 Å². The third-order valence-electron chi connectivity index (χ3n) is 8.59. The zero-order valence-electron chi connectivity index (χ0n) is 23.7. The maximum atomic E-state index is 14.7. The number of fused-ring (bicyclic) bond motifs is 1. The van der Waals surface area contributed by atoms with E-state index in [1.807, 2.05) is 51.1 Å². The van der Waals surface area contributed by atoms with Crippen molar-refractivity contribution in [2.75, 3.05) is 26.2 Å². The standard InChI is InChI=1S/C31H42BrN3O4S/c1-6-14-33(15-7-2)28(37)24-25-29(38)35(23(19-36)20(4)5)27(31(25)17-22(32)26(24)40-31)30(39)34(16-8-3)18-21-12-10-9-11-13-21/h6,8-13,20,22-27,36H,1,3,7,14-19H2,2,4-5H3/t22?,23-,24+,25-,26+,27?,31?/m0/s1. The Morgan fingerprint density at radius 2 is 1.82 bits per heavy atom. The Bertz CT molecular complexity index is 1120. The predicted molar refractivity (Wildman–Crippen MR) is 164 cm³/mol. The first-order valence-electron chi connectivity index (χ1n) is 14.2. The van der Waals surface area contributed by atoms with Crippen LogP contribution in [-0.2, 0) is 20.9 Å². The number of hydrogen-bond acceptors (Lipinski definition) is 5. The Kier molecular flexibility index (Phi) is 9.89. The third-order valence-corrected chi connectivity index (χ3v) is 11.8. The second-order valence-electron chi connectivity index (χ2n) is 11.5. The molecule has 3 fully saturated rings. The molecule has 3 amide bonds. The lowest BCUT2D eigenvalue weighted by molar-refractivity contribution is -0.148. The van der Waals surface area contributed by atoms with E-state index in [0.29, 0.717) is 32.6 Å². The van der Waals surface area contributed by atoms with E-state index in [1.54, 1.807) is 38.6 Å². The van der Waals surface area contributed by atoms with Gasteiger partial charge in [0.15, 0.2) is 0 Å². The molecule has 0 saturated carbocycles. The van der Waals surface area contributed by atoms with Crippen molar-refractivity contribution in [3.05, 3.63) is 61.2 Å². The van der Waals surface area contributed by atoms with Crippen LogP contribution >= 0.6 is 27.7 Å². The van der Waals surface area contributed by atoms with Crippen LogP contribution in [-0.4, -0.2) is 90.7 Å². The fourth-order valence-corrected chi connectivity index (χ4v) is 10.5. The Balaban J connectivity index is 1.81. The molecular weight excluding hydrogens is 590 g/mol. The Labute approximate surface area is 251 Å². The van der Waals surface area contributed by atoms with Crippen molar-refractivity contribution in [1.29, 1.82) is 0 Å². The number of aliphatic hydroxyl groups excluding tert-OH is 1. The zero-order valence-corrected chi connectivity index (χ0v) is 26.1. The summed E-state index contributed by atoms with van der Waals surface area (Å²) in [6, 6.07) is 8.46. The summed E-state index contributed by atoms with van der Waals surface area (Å²) in [6.45, 7) is 15.1. The maximum absolute atomic E-state index is 14.7. The van der Waals surface area contributed by atoms with Gasteiger partial charge < -0.3 is 19.8 Å².